The van der Waals surface area contributed by atoms with Crippen molar-refractivity contribution < 1.29 is 37.0 Å². The minimum absolute atomic E-state index is 0.351. The van der Waals surface area contributed by atoms with E-state index in [0.29, 0.717) is 0 Å². The van der Waals surface area contributed by atoms with Gasteiger partial charge < -0.3 is 9.47 Å². The summed E-state index contributed by atoms with van der Waals surface area (Å²) >= 11 is 0. The van der Waals surface area contributed by atoms with Crippen LogP contribution in [0.3, 0.4) is 0 Å². The molecule has 1 aliphatic heterocycles. The Hall–Kier alpha value is -1.31. The maximum Gasteiger partial charge on any atom is 0.414 e. The van der Waals surface area contributed by atoms with Gasteiger partial charge in [0.1, 0.15) is 0 Å². The van der Waals surface area contributed by atoms with E-state index in [4.69, 9.17) is 0 Å². The van der Waals surface area contributed by atoms with Crippen molar-refractivity contribution in [3.8, 4) is 0 Å². The lowest BCUT2D eigenvalue weighted by Crippen LogP contribution is -2.41. The second-order valence-electron chi connectivity index (χ2n) is 3.56. The molecule has 1 saturated heterocycles. The predicted molar refractivity (Wildman–Crippen MR) is 46.4 cm³/mol. The first-order valence-corrected chi connectivity index (χ1v) is 4.78. The SMILES string of the molecule is CC(=O)OC1(OC(C)=O)CCC(C(F)(F)F)O1. The first-order chi connectivity index (χ1) is 7.65. The molecule has 1 atom stereocenters. The minimum atomic E-state index is -4.60. The Morgan fingerprint density at radius 1 is 1.24 bits per heavy atom. The molecule has 0 N–H and O–H groups in total. The summed E-state index contributed by atoms with van der Waals surface area (Å²) in [5, 5.41) is 0. The Kier molecular flexibility index (Phi) is 3.65. The van der Waals surface area contributed by atoms with Crippen LogP contribution in [0.1, 0.15) is 26.7 Å². The highest BCUT2D eigenvalue weighted by Crippen LogP contribution is 2.40. The summed E-state index contributed by atoms with van der Waals surface area (Å²) in [5.74, 6) is -4.04. The minimum Gasteiger partial charge on any atom is -0.398 e. The molecule has 1 fully saturated rings. The van der Waals surface area contributed by atoms with E-state index in [1.165, 1.54) is 0 Å². The Balaban J connectivity index is 2.81. The molecule has 1 aliphatic rings. The van der Waals surface area contributed by atoms with Gasteiger partial charge in [-0.1, -0.05) is 0 Å². The maximum atomic E-state index is 12.4. The van der Waals surface area contributed by atoms with Crippen molar-refractivity contribution in [3.05, 3.63) is 0 Å². The van der Waals surface area contributed by atoms with Crippen LogP contribution in [0.15, 0.2) is 0 Å². The zero-order chi connectivity index (χ0) is 13.3. The topological polar surface area (TPSA) is 61.8 Å². The van der Waals surface area contributed by atoms with Gasteiger partial charge in [-0.2, -0.15) is 13.2 Å². The lowest BCUT2D eigenvalue weighted by Gasteiger charge is -2.27. The third kappa shape index (κ3) is 3.58. The molecular weight excluding hydrogens is 245 g/mol. The van der Waals surface area contributed by atoms with Gasteiger partial charge in [0, 0.05) is 13.8 Å². The van der Waals surface area contributed by atoms with Crippen LogP contribution in [0.2, 0.25) is 0 Å². The van der Waals surface area contributed by atoms with Crippen LogP contribution < -0.4 is 0 Å². The normalized spacial score (nSPS) is 23.2. The molecule has 0 amide bonds. The van der Waals surface area contributed by atoms with Crippen LogP contribution in [-0.2, 0) is 23.8 Å². The van der Waals surface area contributed by atoms with Gasteiger partial charge in [0.15, 0.2) is 6.10 Å². The van der Waals surface area contributed by atoms with Crippen LogP contribution in [-0.4, -0.2) is 30.2 Å². The average molecular weight is 256 g/mol. The second-order valence-corrected chi connectivity index (χ2v) is 3.56. The van der Waals surface area contributed by atoms with Crippen LogP contribution in [0.5, 0.6) is 0 Å². The fraction of sp³-hybridized carbons (Fsp3) is 0.778. The Morgan fingerprint density at radius 2 is 1.71 bits per heavy atom. The molecule has 0 saturated carbocycles. The first-order valence-electron chi connectivity index (χ1n) is 4.78. The second kappa shape index (κ2) is 4.52. The van der Waals surface area contributed by atoms with Crippen molar-refractivity contribution in [3.63, 3.8) is 0 Å². The van der Waals surface area contributed by atoms with Gasteiger partial charge in [-0.3, -0.25) is 14.3 Å². The molecule has 17 heavy (non-hydrogen) atoms. The van der Waals surface area contributed by atoms with Gasteiger partial charge in [0.25, 0.3) is 0 Å². The Morgan fingerprint density at radius 3 is 2.00 bits per heavy atom. The van der Waals surface area contributed by atoms with Crippen molar-refractivity contribution in [2.75, 3.05) is 0 Å². The molecule has 98 valence electrons. The first kappa shape index (κ1) is 13.8. The van der Waals surface area contributed by atoms with E-state index in [9.17, 15) is 22.8 Å². The number of rotatable bonds is 2. The summed E-state index contributed by atoms with van der Waals surface area (Å²) in [6.45, 7) is 1.96. The fourth-order valence-electron chi connectivity index (χ4n) is 1.48. The largest absolute Gasteiger partial charge is 0.414 e. The summed E-state index contributed by atoms with van der Waals surface area (Å²) in [6, 6.07) is 0. The maximum absolute atomic E-state index is 12.4. The zero-order valence-electron chi connectivity index (χ0n) is 9.17. The summed E-state index contributed by atoms with van der Waals surface area (Å²) < 4.78 is 50.7. The Labute approximate surface area is 94.8 Å². The number of esters is 2. The molecule has 0 radical (unpaired) electrons. The van der Waals surface area contributed by atoms with Crippen molar-refractivity contribution in [2.45, 2.75) is 44.9 Å². The summed E-state index contributed by atoms with van der Waals surface area (Å²) in [5.41, 5.74) is 0. The van der Waals surface area contributed by atoms with Crippen LogP contribution >= 0.6 is 0 Å². The quantitative estimate of drug-likeness (QED) is 0.553. The van der Waals surface area contributed by atoms with Gasteiger partial charge in [-0.05, 0) is 6.42 Å². The number of hydrogen-bond donors (Lipinski definition) is 0. The molecule has 0 aromatic rings. The highest BCUT2D eigenvalue weighted by Gasteiger charge is 2.55. The smallest absolute Gasteiger partial charge is 0.398 e. The number of halogens is 3. The molecule has 8 heteroatoms. The molecule has 1 heterocycles. The van der Waals surface area contributed by atoms with E-state index in [-0.39, 0.29) is 6.42 Å². The standard InChI is InChI=1S/C9H11F3O5/c1-5(13)15-8(16-6(2)14)4-3-7(17-8)9(10,11)12/h7H,3-4H2,1-2H3. The lowest BCUT2D eigenvalue weighted by molar-refractivity contribution is -0.359. The van der Waals surface area contributed by atoms with E-state index in [2.05, 4.69) is 14.2 Å². The van der Waals surface area contributed by atoms with E-state index < -0.39 is 36.6 Å². The molecule has 0 bridgehead atoms. The number of carbonyl (C=O) groups is 2. The van der Waals surface area contributed by atoms with Crippen LogP contribution in [0, 0.1) is 0 Å². The molecule has 0 aliphatic carbocycles. The van der Waals surface area contributed by atoms with Gasteiger partial charge >= 0.3 is 24.1 Å². The molecular formula is C9H11F3O5. The molecule has 0 aromatic carbocycles. The summed E-state index contributed by atoms with van der Waals surface area (Å²) in [6.07, 6.45) is -7.50. The molecule has 0 aromatic heterocycles. The van der Waals surface area contributed by atoms with Gasteiger partial charge in [-0.15, -0.1) is 0 Å². The highest BCUT2D eigenvalue weighted by atomic mass is 19.4. The summed E-state index contributed by atoms with van der Waals surface area (Å²) in [4.78, 5) is 21.5. The average Bonchev–Trinajstić information content (AvgIpc) is 2.44. The number of hydrogen-bond acceptors (Lipinski definition) is 5. The highest BCUT2D eigenvalue weighted by molar-refractivity contribution is 5.68. The Bertz CT molecular complexity index is 309. The monoisotopic (exact) mass is 256 g/mol. The number of ether oxygens (including phenoxy) is 3. The predicted octanol–water partition coefficient (Wildman–Crippen LogP) is 1.51. The van der Waals surface area contributed by atoms with Crippen molar-refractivity contribution in [2.24, 2.45) is 0 Å². The van der Waals surface area contributed by atoms with Gasteiger partial charge in [0.05, 0.1) is 6.42 Å². The van der Waals surface area contributed by atoms with Gasteiger partial charge in [-0.25, -0.2) is 0 Å². The zero-order valence-corrected chi connectivity index (χ0v) is 9.17. The third-order valence-electron chi connectivity index (χ3n) is 2.00. The van der Waals surface area contributed by atoms with Gasteiger partial charge in [0.2, 0.25) is 0 Å². The van der Waals surface area contributed by atoms with Crippen molar-refractivity contribution in [1.82, 2.24) is 0 Å². The molecule has 1 rings (SSSR count). The van der Waals surface area contributed by atoms with Crippen molar-refractivity contribution in [1.29, 1.82) is 0 Å². The van der Waals surface area contributed by atoms with Crippen molar-refractivity contribution >= 4 is 11.9 Å². The number of alkyl halides is 3. The molecule has 5 nitrogen and oxygen atoms in total. The fourth-order valence-corrected chi connectivity index (χ4v) is 1.48. The van der Waals surface area contributed by atoms with E-state index in [0.717, 1.165) is 13.8 Å². The third-order valence-corrected chi connectivity index (χ3v) is 2.00. The summed E-state index contributed by atoms with van der Waals surface area (Å²) in [7, 11) is 0. The number of carbonyl (C=O) groups excluding carboxylic acids is 2. The van der Waals surface area contributed by atoms with E-state index in [1.807, 2.05) is 0 Å². The van der Waals surface area contributed by atoms with Crippen LogP contribution in [0.25, 0.3) is 0 Å². The lowest BCUT2D eigenvalue weighted by atomic mass is 10.2. The molecule has 1 unspecified atom stereocenters. The molecule has 0 spiro atoms. The van der Waals surface area contributed by atoms with Crippen LogP contribution in [0.4, 0.5) is 13.2 Å². The van der Waals surface area contributed by atoms with E-state index >= 15 is 0 Å². The van der Waals surface area contributed by atoms with E-state index in [1.54, 1.807) is 0 Å².